The van der Waals surface area contributed by atoms with Gasteiger partial charge in [-0.3, -0.25) is 4.98 Å². The third kappa shape index (κ3) is 3.52. The summed E-state index contributed by atoms with van der Waals surface area (Å²) in [7, 11) is 0. The van der Waals surface area contributed by atoms with E-state index >= 15 is 0 Å². The standard InChI is InChI=1S/C16H17N3O.ClH/c1-2-3-10-20-13-6-4-12(5-7-13)16-18-14-8-9-17-11-15(14)19-16;/h4-9,11H,2-3,10H2,1H3,(H,18,19);1H. The van der Waals surface area contributed by atoms with E-state index in [9.17, 15) is 0 Å². The van der Waals surface area contributed by atoms with Crippen molar-refractivity contribution in [2.45, 2.75) is 19.8 Å². The summed E-state index contributed by atoms with van der Waals surface area (Å²) in [6.45, 7) is 2.93. The quantitative estimate of drug-likeness (QED) is 0.718. The number of pyridine rings is 1. The molecule has 1 aromatic carbocycles. The van der Waals surface area contributed by atoms with E-state index in [1.54, 1.807) is 12.4 Å². The predicted octanol–water partition coefficient (Wildman–Crippen LogP) is 4.23. The van der Waals surface area contributed by atoms with Gasteiger partial charge in [-0.2, -0.15) is 0 Å². The molecule has 0 unspecified atom stereocenters. The molecule has 110 valence electrons. The molecule has 0 bridgehead atoms. The van der Waals surface area contributed by atoms with E-state index in [0.29, 0.717) is 0 Å². The molecule has 0 aliphatic carbocycles. The maximum Gasteiger partial charge on any atom is 0.138 e. The molecule has 4 nitrogen and oxygen atoms in total. The van der Waals surface area contributed by atoms with Crippen molar-refractivity contribution in [3.63, 3.8) is 0 Å². The largest absolute Gasteiger partial charge is 0.494 e. The zero-order valence-electron chi connectivity index (χ0n) is 11.9. The maximum absolute atomic E-state index is 5.66. The number of H-pyrrole nitrogens is 1. The predicted molar refractivity (Wildman–Crippen MR) is 87.0 cm³/mol. The summed E-state index contributed by atoms with van der Waals surface area (Å²) >= 11 is 0. The van der Waals surface area contributed by atoms with Crippen LogP contribution in [0.3, 0.4) is 0 Å². The summed E-state index contributed by atoms with van der Waals surface area (Å²) < 4.78 is 5.66. The highest BCUT2D eigenvalue weighted by atomic mass is 35.5. The highest BCUT2D eigenvalue weighted by molar-refractivity contribution is 5.85. The molecule has 1 N–H and O–H groups in total. The minimum atomic E-state index is 0. The third-order valence-electron chi connectivity index (χ3n) is 3.18. The maximum atomic E-state index is 5.66. The molecule has 0 radical (unpaired) electrons. The van der Waals surface area contributed by atoms with Crippen LogP contribution in [0.1, 0.15) is 19.8 Å². The summed E-state index contributed by atoms with van der Waals surface area (Å²) in [6, 6.07) is 9.93. The number of aromatic nitrogens is 3. The van der Waals surface area contributed by atoms with E-state index < -0.39 is 0 Å². The van der Waals surface area contributed by atoms with Crippen molar-refractivity contribution in [3.05, 3.63) is 42.7 Å². The second kappa shape index (κ2) is 7.09. The number of aromatic amines is 1. The van der Waals surface area contributed by atoms with Crippen LogP contribution in [0.25, 0.3) is 22.4 Å². The molecule has 0 aliphatic rings. The number of hydrogen-bond acceptors (Lipinski definition) is 3. The Labute approximate surface area is 130 Å². The topological polar surface area (TPSA) is 50.8 Å². The highest BCUT2D eigenvalue weighted by Gasteiger charge is 2.05. The summed E-state index contributed by atoms with van der Waals surface area (Å²) in [6.07, 6.45) is 5.75. The van der Waals surface area contributed by atoms with E-state index in [4.69, 9.17) is 4.74 Å². The van der Waals surface area contributed by atoms with Gasteiger partial charge in [-0.1, -0.05) is 13.3 Å². The number of nitrogens with zero attached hydrogens (tertiary/aromatic N) is 2. The van der Waals surface area contributed by atoms with Crippen LogP contribution in [0, 0.1) is 0 Å². The van der Waals surface area contributed by atoms with Gasteiger partial charge >= 0.3 is 0 Å². The Morgan fingerprint density at radius 2 is 1.95 bits per heavy atom. The molecule has 0 spiro atoms. The van der Waals surface area contributed by atoms with Crippen LogP contribution in [0.4, 0.5) is 0 Å². The Hall–Kier alpha value is -2.07. The Bertz CT molecular complexity index is 661. The Morgan fingerprint density at radius 3 is 2.67 bits per heavy atom. The molecule has 0 fully saturated rings. The van der Waals surface area contributed by atoms with E-state index in [1.807, 2.05) is 30.3 Å². The number of imidazole rings is 1. The molecule has 0 aliphatic heterocycles. The van der Waals surface area contributed by atoms with Crippen molar-refractivity contribution >= 4 is 23.4 Å². The minimum Gasteiger partial charge on any atom is -0.494 e. The molecular weight excluding hydrogens is 286 g/mol. The van der Waals surface area contributed by atoms with Crippen LogP contribution < -0.4 is 4.74 Å². The SMILES string of the molecule is CCCCOc1ccc(-c2nc3cnccc3[nH]2)cc1.Cl. The zero-order valence-corrected chi connectivity index (χ0v) is 12.7. The average Bonchev–Trinajstić information content (AvgIpc) is 2.92. The fraction of sp³-hybridized carbons (Fsp3) is 0.250. The van der Waals surface area contributed by atoms with E-state index in [-0.39, 0.29) is 12.4 Å². The second-order valence-corrected chi connectivity index (χ2v) is 4.70. The van der Waals surface area contributed by atoms with Crippen molar-refractivity contribution in [2.24, 2.45) is 0 Å². The van der Waals surface area contributed by atoms with Crippen molar-refractivity contribution < 1.29 is 4.74 Å². The van der Waals surface area contributed by atoms with Crippen LogP contribution in [0.5, 0.6) is 5.75 Å². The first-order chi connectivity index (χ1) is 9.86. The van der Waals surface area contributed by atoms with Gasteiger partial charge in [0.1, 0.15) is 17.1 Å². The second-order valence-electron chi connectivity index (χ2n) is 4.70. The van der Waals surface area contributed by atoms with Crippen LogP contribution in [0.15, 0.2) is 42.7 Å². The highest BCUT2D eigenvalue weighted by Crippen LogP contribution is 2.22. The number of hydrogen-bond donors (Lipinski definition) is 1. The van der Waals surface area contributed by atoms with Crippen molar-refractivity contribution in [3.8, 4) is 17.1 Å². The lowest BCUT2D eigenvalue weighted by Crippen LogP contribution is -1.96. The number of halogens is 1. The first kappa shape index (κ1) is 15.3. The fourth-order valence-electron chi connectivity index (χ4n) is 2.04. The summed E-state index contributed by atoms with van der Waals surface area (Å²) in [5, 5.41) is 0. The lowest BCUT2D eigenvalue weighted by atomic mass is 10.2. The number of rotatable bonds is 5. The van der Waals surface area contributed by atoms with Crippen LogP contribution in [-0.4, -0.2) is 21.6 Å². The third-order valence-corrected chi connectivity index (χ3v) is 3.18. The number of unbranched alkanes of at least 4 members (excludes halogenated alkanes) is 1. The Balaban J connectivity index is 0.00000161. The van der Waals surface area contributed by atoms with Crippen LogP contribution in [-0.2, 0) is 0 Å². The zero-order chi connectivity index (χ0) is 13.8. The van der Waals surface area contributed by atoms with Gasteiger partial charge in [0.25, 0.3) is 0 Å². The lowest BCUT2D eigenvalue weighted by Gasteiger charge is -2.05. The number of fused-ring (bicyclic) bond motifs is 1. The van der Waals surface area contributed by atoms with Crippen molar-refractivity contribution in [2.75, 3.05) is 6.61 Å². The first-order valence-electron chi connectivity index (χ1n) is 6.90. The number of benzene rings is 1. The first-order valence-corrected chi connectivity index (χ1v) is 6.90. The molecule has 2 heterocycles. The van der Waals surface area contributed by atoms with Gasteiger partial charge in [0, 0.05) is 11.8 Å². The van der Waals surface area contributed by atoms with E-state index in [1.165, 1.54) is 0 Å². The average molecular weight is 304 g/mol. The molecular formula is C16H18ClN3O. The molecule has 0 saturated heterocycles. The van der Waals surface area contributed by atoms with Gasteiger partial charge in [-0.15, -0.1) is 12.4 Å². The number of ether oxygens (including phenoxy) is 1. The minimum absolute atomic E-state index is 0. The summed E-state index contributed by atoms with van der Waals surface area (Å²) in [5.41, 5.74) is 2.92. The van der Waals surface area contributed by atoms with Crippen LogP contribution in [0.2, 0.25) is 0 Å². The molecule has 0 amide bonds. The lowest BCUT2D eigenvalue weighted by molar-refractivity contribution is 0.309. The number of nitrogens with one attached hydrogen (secondary N) is 1. The van der Waals surface area contributed by atoms with Gasteiger partial charge < -0.3 is 9.72 Å². The van der Waals surface area contributed by atoms with Gasteiger partial charge in [0.05, 0.1) is 18.3 Å². The Morgan fingerprint density at radius 1 is 1.14 bits per heavy atom. The summed E-state index contributed by atoms with van der Waals surface area (Å²) in [5.74, 6) is 1.76. The molecule has 2 aromatic heterocycles. The normalized spacial score (nSPS) is 10.3. The fourth-order valence-corrected chi connectivity index (χ4v) is 2.04. The van der Waals surface area contributed by atoms with Crippen LogP contribution >= 0.6 is 12.4 Å². The molecule has 3 rings (SSSR count). The van der Waals surface area contributed by atoms with E-state index in [2.05, 4.69) is 21.9 Å². The van der Waals surface area contributed by atoms with Gasteiger partial charge in [-0.25, -0.2) is 4.98 Å². The molecule has 0 atom stereocenters. The summed E-state index contributed by atoms with van der Waals surface area (Å²) in [4.78, 5) is 11.9. The molecule has 0 saturated carbocycles. The monoisotopic (exact) mass is 303 g/mol. The van der Waals surface area contributed by atoms with Crippen molar-refractivity contribution in [1.29, 1.82) is 0 Å². The van der Waals surface area contributed by atoms with Crippen molar-refractivity contribution in [1.82, 2.24) is 15.0 Å². The van der Waals surface area contributed by atoms with E-state index in [0.717, 1.165) is 47.6 Å². The molecule has 3 aromatic rings. The smallest absolute Gasteiger partial charge is 0.138 e. The van der Waals surface area contributed by atoms with Gasteiger partial charge in [-0.05, 0) is 36.8 Å². The molecule has 5 heteroatoms. The Kier molecular flexibility index (Phi) is 5.17. The van der Waals surface area contributed by atoms with Gasteiger partial charge in [0.2, 0.25) is 0 Å². The molecule has 21 heavy (non-hydrogen) atoms. The van der Waals surface area contributed by atoms with Gasteiger partial charge in [0.15, 0.2) is 0 Å².